The summed E-state index contributed by atoms with van der Waals surface area (Å²) < 4.78 is 12.0. The molecule has 0 aromatic heterocycles. The maximum Gasteiger partial charge on any atom is 0.129 e. The summed E-state index contributed by atoms with van der Waals surface area (Å²) in [5, 5.41) is 0. The summed E-state index contributed by atoms with van der Waals surface area (Å²) in [7, 11) is 1.73. The van der Waals surface area contributed by atoms with E-state index in [-0.39, 0.29) is 11.0 Å². The summed E-state index contributed by atoms with van der Waals surface area (Å²) in [6.07, 6.45) is 2.25. The van der Waals surface area contributed by atoms with Crippen molar-refractivity contribution < 1.29 is 9.47 Å². The molecular formula is C29H33NO2. The van der Waals surface area contributed by atoms with E-state index in [4.69, 9.17) is 9.47 Å². The number of aryl methyl sites for hydroxylation is 1. The Morgan fingerprint density at radius 2 is 1.56 bits per heavy atom. The zero-order valence-corrected chi connectivity index (χ0v) is 20.3. The van der Waals surface area contributed by atoms with E-state index in [1.165, 1.54) is 44.7 Å². The Morgan fingerprint density at radius 3 is 2.25 bits per heavy atom. The number of fused-ring (bicyclic) bond motifs is 2. The second kappa shape index (κ2) is 7.03. The predicted molar refractivity (Wildman–Crippen MR) is 130 cm³/mol. The number of benzene rings is 2. The Balaban J connectivity index is 1.62. The molecule has 0 amide bonds. The van der Waals surface area contributed by atoms with Gasteiger partial charge >= 0.3 is 0 Å². The van der Waals surface area contributed by atoms with Crippen LogP contribution in [0.2, 0.25) is 0 Å². The first kappa shape index (κ1) is 20.9. The Morgan fingerprint density at radius 1 is 0.875 bits per heavy atom. The third-order valence-electron chi connectivity index (χ3n) is 7.19. The van der Waals surface area contributed by atoms with Crippen LogP contribution in [-0.2, 0) is 17.8 Å². The van der Waals surface area contributed by atoms with Crippen molar-refractivity contribution in [3.8, 4) is 5.75 Å². The highest BCUT2D eigenvalue weighted by molar-refractivity contribution is 5.83. The fourth-order valence-electron chi connectivity index (χ4n) is 5.91. The number of rotatable bonds is 3. The lowest BCUT2D eigenvalue weighted by atomic mass is 9.70. The van der Waals surface area contributed by atoms with Gasteiger partial charge in [-0.1, -0.05) is 49.7 Å². The molecule has 0 saturated carbocycles. The normalized spacial score (nSPS) is 20.7. The molecule has 0 radical (unpaired) electrons. The highest BCUT2D eigenvalue weighted by Gasteiger charge is 2.49. The van der Waals surface area contributed by atoms with Crippen LogP contribution in [0.25, 0.3) is 5.57 Å². The van der Waals surface area contributed by atoms with Crippen LogP contribution in [0.1, 0.15) is 56.9 Å². The van der Waals surface area contributed by atoms with Gasteiger partial charge in [0.2, 0.25) is 0 Å². The second-order valence-electron chi connectivity index (χ2n) is 10.4. The average molecular weight is 428 g/mol. The van der Waals surface area contributed by atoms with Crippen molar-refractivity contribution in [1.82, 2.24) is 4.90 Å². The van der Waals surface area contributed by atoms with Crippen LogP contribution in [0.15, 0.2) is 71.1 Å². The topological polar surface area (TPSA) is 21.7 Å². The van der Waals surface area contributed by atoms with Crippen molar-refractivity contribution in [2.24, 2.45) is 5.41 Å². The molecular weight excluding hydrogens is 394 g/mol. The molecule has 3 aliphatic rings. The highest BCUT2D eigenvalue weighted by Crippen LogP contribution is 2.57. The first-order valence-corrected chi connectivity index (χ1v) is 11.5. The summed E-state index contributed by atoms with van der Waals surface area (Å²) >= 11 is 0. The summed E-state index contributed by atoms with van der Waals surface area (Å²) in [4.78, 5) is 2.54. The summed E-state index contributed by atoms with van der Waals surface area (Å²) in [6.45, 7) is 15.3. The van der Waals surface area contributed by atoms with Crippen LogP contribution >= 0.6 is 0 Å². The van der Waals surface area contributed by atoms with E-state index in [1.807, 2.05) is 0 Å². The Hall–Kier alpha value is -2.94. The third-order valence-corrected chi connectivity index (χ3v) is 7.19. The molecule has 1 aliphatic carbocycles. The minimum absolute atomic E-state index is 0.172. The van der Waals surface area contributed by atoms with E-state index in [1.54, 1.807) is 7.11 Å². The number of hydrogen-bond donors (Lipinski definition) is 0. The van der Waals surface area contributed by atoms with E-state index in [0.717, 1.165) is 24.6 Å². The molecule has 5 rings (SSSR count). The number of hydrogen-bond acceptors (Lipinski definition) is 3. The molecule has 32 heavy (non-hydrogen) atoms. The zero-order valence-electron chi connectivity index (χ0n) is 20.3. The van der Waals surface area contributed by atoms with Crippen LogP contribution in [0.5, 0.6) is 5.75 Å². The van der Waals surface area contributed by atoms with Crippen LogP contribution in [0.4, 0.5) is 0 Å². The van der Waals surface area contributed by atoms with Gasteiger partial charge in [-0.2, -0.15) is 0 Å². The van der Waals surface area contributed by atoms with Crippen molar-refractivity contribution in [3.05, 3.63) is 93.4 Å². The summed E-state index contributed by atoms with van der Waals surface area (Å²) in [6, 6.07) is 15.3. The van der Waals surface area contributed by atoms with Gasteiger partial charge in [0.15, 0.2) is 0 Å². The number of allylic oxidation sites excluding steroid dienone is 4. The highest BCUT2D eigenvalue weighted by atomic mass is 16.5. The molecule has 0 spiro atoms. The van der Waals surface area contributed by atoms with Gasteiger partial charge in [0.25, 0.3) is 0 Å². The van der Waals surface area contributed by atoms with Gasteiger partial charge in [0.05, 0.1) is 7.11 Å². The lowest BCUT2D eigenvalue weighted by Crippen LogP contribution is -2.33. The minimum atomic E-state index is -0.370. The van der Waals surface area contributed by atoms with Crippen molar-refractivity contribution in [1.29, 1.82) is 0 Å². The third kappa shape index (κ3) is 3.09. The van der Waals surface area contributed by atoms with E-state index < -0.39 is 0 Å². The van der Waals surface area contributed by atoms with Gasteiger partial charge in [-0.3, -0.25) is 0 Å². The predicted octanol–water partition coefficient (Wildman–Crippen LogP) is 6.78. The van der Waals surface area contributed by atoms with Crippen LogP contribution < -0.4 is 4.74 Å². The molecule has 2 aliphatic heterocycles. The lowest BCUT2D eigenvalue weighted by molar-refractivity contribution is 0.106. The van der Waals surface area contributed by atoms with E-state index in [9.17, 15) is 0 Å². The van der Waals surface area contributed by atoms with E-state index >= 15 is 0 Å². The molecule has 2 heterocycles. The maximum absolute atomic E-state index is 6.58. The van der Waals surface area contributed by atoms with Crippen molar-refractivity contribution in [3.63, 3.8) is 0 Å². The fourth-order valence-corrected chi connectivity index (χ4v) is 5.91. The van der Waals surface area contributed by atoms with Crippen molar-refractivity contribution >= 4 is 5.57 Å². The van der Waals surface area contributed by atoms with E-state index in [0.29, 0.717) is 0 Å². The van der Waals surface area contributed by atoms with Gasteiger partial charge < -0.3 is 14.4 Å². The molecule has 0 atom stereocenters. The van der Waals surface area contributed by atoms with Gasteiger partial charge in [0, 0.05) is 35.3 Å². The molecule has 0 bridgehead atoms. The van der Waals surface area contributed by atoms with Crippen LogP contribution in [0, 0.1) is 12.3 Å². The molecule has 0 fully saturated rings. The van der Waals surface area contributed by atoms with Crippen LogP contribution in [0.3, 0.4) is 0 Å². The lowest BCUT2D eigenvalue weighted by Gasteiger charge is -2.40. The number of ether oxygens (including phenoxy) is 2. The van der Waals surface area contributed by atoms with E-state index in [2.05, 4.69) is 95.0 Å². The first-order valence-electron chi connectivity index (χ1n) is 11.5. The summed E-state index contributed by atoms with van der Waals surface area (Å²) in [5.74, 6) is 1.95. The largest absolute Gasteiger partial charge is 0.497 e. The monoisotopic (exact) mass is 427 g/mol. The fraction of sp³-hybridized carbons (Fsp3) is 0.379. The van der Waals surface area contributed by atoms with Gasteiger partial charge in [-0.05, 0) is 68.2 Å². The molecule has 166 valence electrons. The molecule has 3 nitrogen and oxygen atoms in total. The smallest absolute Gasteiger partial charge is 0.129 e. The quantitative estimate of drug-likeness (QED) is 0.539. The SMILES string of the molecule is COc1ccc2c(c1)CN(C1=C(C)C=C3OC(C)(C)C(c4ccc(C)cc4)=C3C1(C)C)C2. The molecule has 0 saturated heterocycles. The maximum atomic E-state index is 6.58. The number of methoxy groups -OCH3 is 1. The summed E-state index contributed by atoms with van der Waals surface area (Å²) in [5.41, 5.74) is 10.0. The minimum Gasteiger partial charge on any atom is -0.497 e. The Kier molecular flexibility index (Phi) is 4.60. The first-order chi connectivity index (χ1) is 15.1. The van der Waals surface area contributed by atoms with Gasteiger partial charge in [-0.25, -0.2) is 0 Å². The van der Waals surface area contributed by atoms with Crippen LogP contribution in [-0.4, -0.2) is 17.6 Å². The molecule has 3 heteroatoms. The zero-order chi connectivity index (χ0) is 22.8. The van der Waals surface area contributed by atoms with Gasteiger partial charge in [0.1, 0.15) is 17.1 Å². The second-order valence-corrected chi connectivity index (χ2v) is 10.4. The Labute approximate surface area is 192 Å². The van der Waals surface area contributed by atoms with Crippen molar-refractivity contribution in [2.45, 2.75) is 60.2 Å². The Bertz CT molecular complexity index is 1190. The molecule has 2 aromatic rings. The molecule has 0 unspecified atom stereocenters. The molecule has 2 aromatic carbocycles. The molecule has 0 N–H and O–H groups in total. The number of nitrogens with zero attached hydrogens (tertiary/aromatic N) is 1. The van der Waals surface area contributed by atoms with Gasteiger partial charge in [-0.15, -0.1) is 0 Å². The van der Waals surface area contributed by atoms with Crippen molar-refractivity contribution in [2.75, 3.05) is 7.11 Å². The standard InChI is InChI=1S/C29H33NO2/c1-18-8-10-20(11-9-18)25-26-24(32-29(25,5)6)14-19(2)27(28(26,3)4)30-16-21-12-13-23(31-7)15-22(21)17-30/h8-15H,16-17H2,1-7H3. The average Bonchev–Trinajstić information content (AvgIpc) is 3.24.